The zero-order valence-corrected chi connectivity index (χ0v) is 8.17. The van der Waals surface area contributed by atoms with E-state index in [-0.39, 0.29) is 10.7 Å². The summed E-state index contributed by atoms with van der Waals surface area (Å²) >= 11 is 4.27. The van der Waals surface area contributed by atoms with Crippen molar-refractivity contribution in [2.75, 3.05) is 13.1 Å². The third-order valence-electron chi connectivity index (χ3n) is 3.34. The number of hydrogen-bond acceptors (Lipinski definition) is 6. The van der Waals surface area contributed by atoms with Crippen LogP contribution in [0.3, 0.4) is 0 Å². The van der Waals surface area contributed by atoms with Gasteiger partial charge >= 0.3 is 11.9 Å². The molecule has 0 aromatic rings. The quantitative estimate of drug-likeness (QED) is 0.311. The molecule has 2 saturated heterocycles. The van der Waals surface area contributed by atoms with Gasteiger partial charge in [0, 0.05) is 13.1 Å². The van der Waals surface area contributed by atoms with Crippen LogP contribution >= 0.6 is 12.6 Å². The monoisotopic (exact) mass is 215 g/mol. The Balaban J connectivity index is 1.95. The van der Waals surface area contributed by atoms with Gasteiger partial charge in [-0.2, -0.15) is 12.6 Å². The molecule has 5 nitrogen and oxygen atoms in total. The van der Waals surface area contributed by atoms with Gasteiger partial charge in [0.05, 0.1) is 10.7 Å². The van der Waals surface area contributed by atoms with E-state index in [9.17, 15) is 9.59 Å². The number of carbonyl (C=O) groups is 2. The molecule has 0 bridgehead atoms. The van der Waals surface area contributed by atoms with Gasteiger partial charge in [-0.05, 0) is 6.42 Å². The second kappa shape index (κ2) is 2.25. The molecule has 0 aromatic heterocycles. The number of fused-ring (bicyclic) bond motifs is 1. The average Bonchev–Trinajstić information content (AvgIpc) is 2.38. The lowest BCUT2D eigenvalue weighted by Crippen LogP contribution is -2.78. The standard InChI is InChI=1S/C8H9NO4S/c10-5-6(11)13-8(12-5)4(14)1-7(8)2-9-3-7/h4,9,14H,1-3H2. The van der Waals surface area contributed by atoms with Crippen LogP contribution in [0.5, 0.6) is 0 Å². The highest BCUT2D eigenvalue weighted by atomic mass is 32.1. The van der Waals surface area contributed by atoms with Crippen LogP contribution in [-0.4, -0.2) is 36.1 Å². The second-order valence-electron chi connectivity index (χ2n) is 4.05. The maximum atomic E-state index is 11.0. The molecule has 14 heavy (non-hydrogen) atoms. The van der Waals surface area contributed by atoms with E-state index in [1.54, 1.807) is 0 Å². The molecule has 0 amide bonds. The largest absolute Gasteiger partial charge is 0.420 e. The lowest BCUT2D eigenvalue weighted by atomic mass is 9.58. The lowest BCUT2D eigenvalue weighted by molar-refractivity contribution is -0.293. The zero-order chi connectivity index (χ0) is 9.97. The maximum Gasteiger partial charge on any atom is 0.420 e. The molecule has 3 rings (SSSR count). The van der Waals surface area contributed by atoms with Gasteiger partial charge in [0.15, 0.2) is 0 Å². The highest BCUT2D eigenvalue weighted by Gasteiger charge is 2.75. The van der Waals surface area contributed by atoms with Crippen LogP contribution in [-0.2, 0) is 19.1 Å². The molecule has 76 valence electrons. The predicted molar refractivity (Wildman–Crippen MR) is 47.6 cm³/mol. The van der Waals surface area contributed by atoms with Crippen molar-refractivity contribution in [3.05, 3.63) is 0 Å². The minimum absolute atomic E-state index is 0.194. The third kappa shape index (κ3) is 0.695. The fourth-order valence-electron chi connectivity index (χ4n) is 2.42. The number of thiol groups is 1. The van der Waals surface area contributed by atoms with Crippen molar-refractivity contribution in [3.8, 4) is 0 Å². The molecule has 0 radical (unpaired) electrons. The molecule has 1 N–H and O–H groups in total. The van der Waals surface area contributed by atoms with Crippen molar-refractivity contribution in [1.82, 2.24) is 5.32 Å². The van der Waals surface area contributed by atoms with Gasteiger partial charge in [0.1, 0.15) is 0 Å². The van der Waals surface area contributed by atoms with E-state index in [0.29, 0.717) is 13.1 Å². The predicted octanol–water partition coefficient (Wildman–Crippen LogP) is -0.926. The van der Waals surface area contributed by atoms with E-state index >= 15 is 0 Å². The Morgan fingerprint density at radius 1 is 1.29 bits per heavy atom. The number of carbonyl (C=O) groups excluding carboxylic acids is 2. The molecule has 2 heterocycles. The van der Waals surface area contributed by atoms with E-state index in [1.807, 2.05) is 0 Å². The first-order chi connectivity index (χ1) is 6.60. The highest BCUT2D eigenvalue weighted by Crippen LogP contribution is 2.59. The Labute approximate surface area is 85.5 Å². The summed E-state index contributed by atoms with van der Waals surface area (Å²) < 4.78 is 10.1. The first-order valence-corrected chi connectivity index (χ1v) is 4.96. The number of rotatable bonds is 0. The summed E-state index contributed by atoms with van der Waals surface area (Å²) in [5.41, 5.74) is -0.221. The smallest absolute Gasteiger partial charge is 0.412 e. The molecule has 0 aromatic carbocycles. The van der Waals surface area contributed by atoms with E-state index < -0.39 is 17.7 Å². The summed E-state index contributed by atoms with van der Waals surface area (Å²) in [5, 5.41) is 2.89. The summed E-state index contributed by atoms with van der Waals surface area (Å²) in [5.74, 6) is -2.87. The summed E-state index contributed by atoms with van der Waals surface area (Å²) in [6, 6.07) is 0. The lowest BCUT2D eigenvalue weighted by Gasteiger charge is -2.61. The third-order valence-corrected chi connectivity index (χ3v) is 3.87. The molecule has 3 aliphatic rings. The Hall–Kier alpha value is -0.750. The van der Waals surface area contributed by atoms with Crippen molar-refractivity contribution in [3.63, 3.8) is 0 Å². The van der Waals surface area contributed by atoms with Crippen LogP contribution in [0.15, 0.2) is 0 Å². The van der Waals surface area contributed by atoms with E-state index in [0.717, 1.165) is 6.42 Å². The van der Waals surface area contributed by atoms with Crippen LogP contribution in [0.2, 0.25) is 0 Å². The minimum Gasteiger partial charge on any atom is -0.412 e. The molecule has 1 aliphatic carbocycles. The summed E-state index contributed by atoms with van der Waals surface area (Å²) in [6.45, 7) is 1.43. The molecule has 3 fully saturated rings. The van der Waals surface area contributed by atoms with Crippen molar-refractivity contribution in [2.45, 2.75) is 17.5 Å². The average molecular weight is 215 g/mol. The number of ether oxygens (including phenoxy) is 2. The van der Waals surface area contributed by atoms with Gasteiger partial charge in [-0.25, -0.2) is 9.59 Å². The number of esters is 2. The van der Waals surface area contributed by atoms with E-state index in [4.69, 9.17) is 9.47 Å². The van der Waals surface area contributed by atoms with Crippen LogP contribution in [0, 0.1) is 5.41 Å². The van der Waals surface area contributed by atoms with Crippen molar-refractivity contribution in [1.29, 1.82) is 0 Å². The van der Waals surface area contributed by atoms with Gasteiger partial charge in [-0.1, -0.05) is 0 Å². The van der Waals surface area contributed by atoms with Crippen molar-refractivity contribution >= 4 is 24.6 Å². The first kappa shape index (κ1) is 8.55. The normalized spacial score (nSPS) is 36.2. The zero-order valence-electron chi connectivity index (χ0n) is 7.28. The maximum absolute atomic E-state index is 11.0. The Morgan fingerprint density at radius 2 is 1.86 bits per heavy atom. The van der Waals surface area contributed by atoms with Crippen LogP contribution in [0.25, 0.3) is 0 Å². The fourth-order valence-corrected chi connectivity index (χ4v) is 3.15. The Bertz CT molecular complexity index is 322. The van der Waals surface area contributed by atoms with Crippen LogP contribution in [0.1, 0.15) is 6.42 Å². The van der Waals surface area contributed by atoms with E-state index in [1.165, 1.54) is 0 Å². The van der Waals surface area contributed by atoms with Gasteiger partial charge < -0.3 is 14.8 Å². The fraction of sp³-hybridized carbons (Fsp3) is 0.750. The van der Waals surface area contributed by atoms with Crippen molar-refractivity contribution < 1.29 is 19.1 Å². The topological polar surface area (TPSA) is 64.6 Å². The second-order valence-corrected chi connectivity index (χ2v) is 4.67. The van der Waals surface area contributed by atoms with Crippen molar-refractivity contribution in [2.24, 2.45) is 5.41 Å². The van der Waals surface area contributed by atoms with Crippen LogP contribution in [0.4, 0.5) is 0 Å². The SMILES string of the molecule is O=C1OC2(OC1=O)C(S)CC21CNC1. The number of nitrogens with one attached hydrogen (secondary N) is 1. The molecule has 6 heteroatoms. The summed E-state index contributed by atoms with van der Waals surface area (Å²) in [7, 11) is 0. The molecule has 1 unspecified atom stereocenters. The number of hydrogen-bond donors (Lipinski definition) is 2. The molecular weight excluding hydrogens is 206 g/mol. The first-order valence-electron chi connectivity index (χ1n) is 4.45. The van der Waals surface area contributed by atoms with Gasteiger partial charge in [-0.15, -0.1) is 0 Å². The molecule has 1 atom stereocenters. The summed E-state index contributed by atoms with van der Waals surface area (Å²) in [6.07, 6.45) is 0.809. The molecule has 2 spiro atoms. The highest BCUT2D eigenvalue weighted by molar-refractivity contribution is 7.81. The summed E-state index contributed by atoms with van der Waals surface area (Å²) in [4.78, 5) is 22.0. The minimum atomic E-state index is -1.09. The van der Waals surface area contributed by atoms with Gasteiger partial charge in [0.25, 0.3) is 5.79 Å². The Morgan fingerprint density at radius 3 is 2.21 bits per heavy atom. The van der Waals surface area contributed by atoms with Gasteiger partial charge in [0.2, 0.25) is 0 Å². The molecule has 1 saturated carbocycles. The van der Waals surface area contributed by atoms with E-state index in [2.05, 4.69) is 17.9 Å². The Kier molecular flexibility index (Phi) is 1.37. The molecular formula is C8H9NO4S. The van der Waals surface area contributed by atoms with Crippen LogP contribution < -0.4 is 5.32 Å². The molecule has 2 aliphatic heterocycles. The van der Waals surface area contributed by atoms with Gasteiger partial charge in [-0.3, -0.25) is 0 Å².